The molecule has 3 N–H and O–H groups in total. The molecule has 2 aliphatic rings. The lowest BCUT2D eigenvalue weighted by Crippen LogP contribution is -2.61. The number of anilines is 1. The number of rotatable bonds is 4. The first-order chi connectivity index (χ1) is 14.6. The van der Waals surface area contributed by atoms with Crippen LogP contribution in [-0.4, -0.2) is 48.4 Å². The van der Waals surface area contributed by atoms with Gasteiger partial charge in [-0.3, -0.25) is 0 Å². The summed E-state index contributed by atoms with van der Waals surface area (Å²) in [5.41, 5.74) is 8.42. The summed E-state index contributed by atoms with van der Waals surface area (Å²) < 4.78 is 17.7. The van der Waals surface area contributed by atoms with Crippen molar-refractivity contribution >= 4 is 41.8 Å². The largest absolute Gasteiger partial charge is 0.493 e. The summed E-state index contributed by atoms with van der Waals surface area (Å²) >= 11 is 0. The first-order valence-corrected chi connectivity index (χ1v) is 10.5. The maximum Gasteiger partial charge on any atom is 0.204 e. The number of methoxy groups -OCH3 is 1. The maximum atomic E-state index is 6.87. The Morgan fingerprint density at radius 3 is 2.59 bits per heavy atom. The molecule has 2 unspecified atom stereocenters. The van der Waals surface area contributed by atoms with Crippen LogP contribution in [0.4, 0.5) is 5.95 Å². The van der Waals surface area contributed by atoms with Crippen LogP contribution in [-0.2, 0) is 0 Å². The molecule has 0 spiro atoms. The average molecular weight is 481 g/mol. The molecule has 2 atom stereocenters. The van der Waals surface area contributed by atoms with Crippen LogP contribution >= 0.6 is 24.8 Å². The lowest BCUT2D eigenvalue weighted by Gasteiger charge is -2.45. The molecule has 1 saturated heterocycles. The summed E-state index contributed by atoms with van der Waals surface area (Å²) in [6.45, 7) is 4.34. The number of H-pyrrole nitrogens is 1. The molecule has 0 amide bonds. The van der Waals surface area contributed by atoms with Crippen molar-refractivity contribution in [1.29, 1.82) is 0 Å². The highest BCUT2D eigenvalue weighted by molar-refractivity contribution is 5.85. The van der Waals surface area contributed by atoms with Gasteiger partial charge in [0.25, 0.3) is 0 Å². The van der Waals surface area contributed by atoms with Gasteiger partial charge >= 0.3 is 0 Å². The highest BCUT2D eigenvalue weighted by atomic mass is 35.5. The molecule has 9 heteroatoms. The van der Waals surface area contributed by atoms with E-state index in [0.717, 1.165) is 42.9 Å². The molecule has 0 radical (unpaired) electrons. The number of halogens is 2. The monoisotopic (exact) mass is 480 g/mol. The molecule has 3 heterocycles. The summed E-state index contributed by atoms with van der Waals surface area (Å²) in [4.78, 5) is 10.5. The fourth-order valence-corrected chi connectivity index (χ4v) is 4.60. The Morgan fingerprint density at radius 1 is 1.12 bits per heavy atom. The first-order valence-electron chi connectivity index (χ1n) is 10.5. The van der Waals surface area contributed by atoms with Gasteiger partial charge in [-0.2, -0.15) is 0 Å². The fraction of sp³-hybridized carbons (Fsp3) is 0.435. The summed E-state index contributed by atoms with van der Waals surface area (Å²) in [6, 6.07) is 13.8. The minimum atomic E-state index is -0.515. The van der Waals surface area contributed by atoms with Gasteiger partial charge in [0.2, 0.25) is 11.7 Å². The predicted octanol–water partition coefficient (Wildman–Crippen LogP) is 4.19. The number of para-hydroxylation sites is 3. The molecule has 0 saturated carbocycles. The number of aromatic amines is 1. The minimum Gasteiger partial charge on any atom is -0.493 e. The molecule has 32 heavy (non-hydrogen) atoms. The van der Waals surface area contributed by atoms with Crippen molar-refractivity contribution < 1.29 is 14.2 Å². The molecule has 174 valence electrons. The van der Waals surface area contributed by atoms with E-state index in [1.807, 2.05) is 36.4 Å². The number of nitrogens with zero attached hydrogens (tertiary/aromatic N) is 2. The molecular formula is C23H30Cl2N4O3. The van der Waals surface area contributed by atoms with E-state index in [0.29, 0.717) is 29.8 Å². The van der Waals surface area contributed by atoms with Crippen LogP contribution in [0.15, 0.2) is 42.5 Å². The standard InChI is InChI=1S/C23H28N4O3.2ClH/c1-23(24,20-14-29-19-9-5-8-18(28-2)21(19)30-20)15-10-12-27(13-11-15)22-25-16-6-3-4-7-17(16)26-22;;/h3-9,15,20H,10-14,24H2,1-2H3,(H,25,26);2*1H. The first kappa shape index (κ1) is 24.3. The Morgan fingerprint density at radius 2 is 1.88 bits per heavy atom. The molecule has 3 aromatic rings. The number of piperidine rings is 1. The van der Waals surface area contributed by atoms with Gasteiger partial charge in [-0.15, -0.1) is 24.8 Å². The van der Waals surface area contributed by atoms with E-state index in [9.17, 15) is 0 Å². The molecular weight excluding hydrogens is 451 g/mol. The van der Waals surface area contributed by atoms with Gasteiger partial charge in [0.15, 0.2) is 17.6 Å². The molecule has 7 nitrogen and oxygen atoms in total. The van der Waals surface area contributed by atoms with Crippen LogP contribution in [0.5, 0.6) is 17.2 Å². The topological polar surface area (TPSA) is 85.6 Å². The zero-order valence-corrected chi connectivity index (χ0v) is 19.9. The SMILES string of the molecule is COc1cccc2c1OC(C(C)(N)C1CCN(c3nc4ccccc4[nH]3)CC1)CO2.Cl.Cl. The Hall–Kier alpha value is -2.35. The highest BCUT2D eigenvalue weighted by Gasteiger charge is 2.44. The number of ether oxygens (including phenoxy) is 3. The normalized spacial score (nSPS) is 20.1. The number of imidazole rings is 1. The molecule has 1 fully saturated rings. The summed E-state index contributed by atoms with van der Waals surface area (Å²) in [6.07, 6.45) is 1.72. The van der Waals surface area contributed by atoms with Gasteiger partial charge < -0.3 is 29.8 Å². The van der Waals surface area contributed by atoms with Crippen LogP contribution in [0.25, 0.3) is 11.0 Å². The van der Waals surface area contributed by atoms with Crippen molar-refractivity contribution in [3.8, 4) is 17.2 Å². The number of nitrogens with two attached hydrogens (primary N) is 1. The smallest absolute Gasteiger partial charge is 0.204 e. The predicted molar refractivity (Wildman–Crippen MR) is 131 cm³/mol. The van der Waals surface area contributed by atoms with E-state index < -0.39 is 5.54 Å². The lowest BCUT2D eigenvalue weighted by molar-refractivity contribution is 0.00733. The van der Waals surface area contributed by atoms with Crippen molar-refractivity contribution in [1.82, 2.24) is 9.97 Å². The van der Waals surface area contributed by atoms with Gasteiger partial charge in [-0.05, 0) is 49.9 Å². The van der Waals surface area contributed by atoms with E-state index in [4.69, 9.17) is 24.9 Å². The minimum absolute atomic E-state index is 0. The van der Waals surface area contributed by atoms with Gasteiger partial charge in [0.1, 0.15) is 6.61 Å². The van der Waals surface area contributed by atoms with Crippen LogP contribution in [0.2, 0.25) is 0 Å². The van der Waals surface area contributed by atoms with Crippen LogP contribution in [0.1, 0.15) is 19.8 Å². The van der Waals surface area contributed by atoms with Gasteiger partial charge in [0, 0.05) is 13.1 Å². The van der Waals surface area contributed by atoms with E-state index in [-0.39, 0.29) is 30.9 Å². The quantitative estimate of drug-likeness (QED) is 0.582. The van der Waals surface area contributed by atoms with Crippen molar-refractivity contribution in [2.24, 2.45) is 11.7 Å². The van der Waals surface area contributed by atoms with E-state index in [1.165, 1.54) is 0 Å². The van der Waals surface area contributed by atoms with Gasteiger partial charge in [-0.1, -0.05) is 18.2 Å². The van der Waals surface area contributed by atoms with Crippen molar-refractivity contribution in [3.05, 3.63) is 42.5 Å². The number of nitrogens with one attached hydrogen (secondary N) is 1. The molecule has 2 aliphatic heterocycles. The molecule has 2 aromatic carbocycles. The van der Waals surface area contributed by atoms with Crippen molar-refractivity contribution in [2.45, 2.75) is 31.4 Å². The average Bonchev–Trinajstić information content (AvgIpc) is 3.22. The number of hydrogen-bond acceptors (Lipinski definition) is 6. The zero-order chi connectivity index (χ0) is 20.7. The third-order valence-corrected chi connectivity index (χ3v) is 6.56. The Kier molecular flexibility index (Phi) is 7.32. The number of hydrogen-bond donors (Lipinski definition) is 2. The highest BCUT2D eigenvalue weighted by Crippen LogP contribution is 2.43. The Balaban J connectivity index is 0.00000144. The molecule has 5 rings (SSSR count). The Bertz CT molecular complexity index is 1000. The van der Waals surface area contributed by atoms with Gasteiger partial charge in [-0.25, -0.2) is 4.98 Å². The lowest BCUT2D eigenvalue weighted by atomic mass is 9.76. The second kappa shape index (κ2) is 9.65. The van der Waals surface area contributed by atoms with Crippen LogP contribution in [0.3, 0.4) is 0 Å². The van der Waals surface area contributed by atoms with Gasteiger partial charge in [0.05, 0.1) is 23.7 Å². The second-order valence-corrected chi connectivity index (χ2v) is 8.41. The van der Waals surface area contributed by atoms with E-state index >= 15 is 0 Å². The summed E-state index contributed by atoms with van der Waals surface area (Å²) in [7, 11) is 1.64. The zero-order valence-electron chi connectivity index (χ0n) is 18.2. The van der Waals surface area contributed by atoms with Crippen LogP contribution < -0.4 is 24.8 Å². The van der Waals surface area contributed by atoms with Crippen molar-refractivity contribution in [2.75, 3.05) is 31.7 Å². The van der Waals surface area contributed by atoms with E-state index in [1.54, 1.807) is 7.11 Å². The maximum absolute atomic E-state index is 6.87. The number of benzene rings is 2. The third kappa shape index (κ3) is 4.29. The third-order valence-electron chi connectivity index (χ3n) is 6.56. The summed E-state index contributed by atoms with van der Waals surface area (Å²) in [5.74, 6) is 3.29. The number of aromatic nitrogens is 2. The van der Waals surface area contributed by atoms with Crippen molar-refractivity contribution in [3.63, 3.8) is 0 Å². The second-order valence-electron chi connectivity index (χ2n) is 8.41. The molecule has 0 bridgehead atoms. The summed E-state index contributed by atoms with van der Waals surface area (Å²) in [5, 5.41) is 0. The molecule has 0 aliphatic carbocycles. The molecule has 1 aromatic heterocycles. The van der Waals surface area contributed by atoms with E-state index in [2.05, 4.69) is 22.9 Å². The Labute approximate surface area is 200 Å². The fourth-order valence-electron chi connectivity index (χ4n) is 4.60. The van der Waals surface area contributed by atoms with Crippen LogP contribution in [0, 0.1) is 5.92 Å². The number of fused-ring (bicyclic) bond motifs is 2.